The van der Waals surface area contributed by atoms with Crippen LogP contribution in [-0.2, 0) is 18.0 Å². The Labute approximate surface area is 207 Å². The number of nitrogens with one attached hydrogen (secondary N) is 2. The first kappa shape index (κ1) is 22.4. The van der Waals surface area contributed by atoms with E-state index in [1.54, 1.807) is 0 Å². The molecule has 1 saturated carbocycles. The summed E-state index contributed by atoms with van der Waals surface area (Å²) in [6.45, 7) is 2.26. The van der Waals surface area contributed by atoms with Gasteiger partial charge in [0.1, 0.15) is 5.82 Å². The molecule has 1 atom stereocenters. The number of ether oxygens (including phenoxy) is 1. The van der Waals surface area contributed by atoms with Crippen molar-refractivity contribution in [1.82, 2.24) is 15.3 Å². The number of benzene rings is 2. The maximum Gasteiger partial charge on any atom is 0.123 e. The summed E-state index contributed by atoms with van der Waals surface area (Å²) in [6, 6.07) is 17.6. The largest absolute Gasteiger partial charge is 0.372 e. The molecule has 180 valence electrons. The van der Waals surface area contributed by atoms with Crippen molar-refractivity contribution in [1.29, 1.82) is 0 Å². The average molecular weight is 467 g/mol. The molecule has 2 aliphatic heterocycles. The van der Waals surface area contributed by atoms with Gasteiger partial charge in [-0.25, -0.2) is 4.98 Å². The lowest BCUT2D eigenvalue weighted by molar-refractivity contribution is 0.107. The van der Waals surface area contributed by atoms with E-state index < -0.39 is 0 Å². The van der Waals surface area contributed by atoms with Gasteiger partial charge in [-0.3, -0.25) is 4.99 Å². The van der Waals surface area contributed by atoms with Crippen LogP contribution in [0.2, 0.25) is 0 Å². The molecule has 5 heteroatoms. The van der Waals surface area contributed by atoms with Gasteiger partial charge in [0.2, 0.25) is 0 Å². The molecule has 2 fully saturated rings. The molecule has 1 saturated heterocycles. The summed E-state index contributed by atoms with van der Waals surface area (Å²) in [4.78, 5) is 13.1. The zero-order chi connectivity index (χ0) is 23.5. The lowest BCUT2D eigenvalue weighted by Gasteiger charge is -2.09. The molecular formula is C30H34N4O. The molecular weight excluding hydrogens is 432 g/mol. The molecule has 3 aromatic rings. The van der Waals surface area contributed by atoms with E-state index in [2.05, 4.69) is 69.9 Å². The van der Waals surface area contributed by atoms with Gasteiger partial charge < -0.3 is 15.0 Å². The van der Waals surface area contributed by atoms with Gasteiger partial charge in [-0.15, -0.1) is 0 Å². The first-order chi connectivity index (χ1) is 17.3. The molecule has 3 heterocycles. The fourth-order valence-corrected chi connectivity index (χ4v) is 5.61. The Bertz CT molecular complexity index is 1210. The van der Waals surface area contributed by atoms with Crippen LogP contribution in [0.25, 0.3) is 17.0 Å². The second kappa shape index (κ2) is 10.3. The van der Waals surface area contributed by atoms with Gasteiger partial charge in [-0.05, 0) is 66.5 Å². The van der Waals surface area contributed by atoms with E-state index >= 15 is 0 Å². The predicted molar refractivity (Wildman–Crippen MR) is 141 cm³/mol. The summed E-state index contributed by atoms with van der Waals surface area (Å²) in [5.74, 6) is 1.76. The fourth-order valence-electron chi connectivity index (χ4n) is 5.61. The number of hydrogen-bond donors (Lipinski definition) is 2. The Kier molecular flexibility index (Phi) is 6.61. The third-order valence-corrected chi connectivity index (χ3v) is 7.61. The normalized spacial score (nSPS) is 20.4. The molecule has 5 nitrogen and oxygen atoms in total. The third kappa shape index (κ3) is 5.16. The van der Waals surface area contributed by atoms with E-state index in [0.29, 0.717) is 19.3 Å². The Balaban J connectivity index is 1.03. The summed E-state index contributed by atoms with van der Waals surface area (Å²) in [6.07, 6.45) is 13.0. The molecule has 6 rings (SSSR count). The van der Waals surface area contributed by atoms with Crippen LogP contribution in [0.5, 0.6) is 0 Å². The van der Waals surface area contributed by atoms with Crippen molar-refractivity contribution in [2.24, 2.45) is 10.9 Å². The fraction of sp³-hybridized carbons (Fsp3) is 0.400. The van der Waals surface area contributed by atoms with Crippen LogP contribution in [0.15, 0.2) is 65.8 Å². The van der Waals surface area contributed by atoms with Crippen LogP contribution in [-0.4, -0.2) is 22.2 Å². The van der Waals surface area contributed by atoms with Crippen molar-refractivity contribution in [3.63, 3.8) is 0 Å². The molecule has 2 aromatic carbocycles. The topological polar surface area (TPSA) is 62.3 Å². The molecule has 3 aliphatic rings. The minimum atomic E-state index is 0.354. The Hall–Kier alpha value is -3.02. The number of hydrogen-bond acceptors (Lipinski definition) is 4. The van der Waals surface area contributed by atoms with E-state index in [1.165, 1.54) is 54.5 Å². The predicted octanol–water partition coefficient (Wildman–Crippen LogP) is 6.59. The summed E-state index contributed by atoms with van der Waals surface area (Å²) in [5.41, 5.74) is 8.31. The van der Waals surface area contributed by atoms with Crippen molar-refractivity contribution < 1.29 is 4.74 Å². The number of rotatable bonds is 8. The monoisotopic (exact) mass is 466 g/mol. The lowest BCUT2D eigenvalue weighted by atomic mass is 10.0. The number of nitrogens with zero attached hydrogens (tertiary/aromatic N) is 2. The van der Waals surface area contributed by atoms with Crippen LogP contribution in [0, 0.1) is 5.92 Å². The molecule has 35 heavy (non-hydrogen) atoms. The Morgan fingerprint density at radius 2 is 1.74 bits per heavy atom. The van der Waals surface area contributed by atoms with Crippen LogP contribution in [0.3, 0.4) is 0 Å². The van der Waals surface area contributed by atoms with Gasteiger partial charge in [-0.1, -0.05) is 61.4 Å². The van der Waals surface area contributed by atoms with Crippen LogP contribution < -0.4 is 5.32 Å². The molecule has 0 radical (unpaired) electrons. The summed E-state index contributed by atoms with van der Waals surface area (Å²) >= 11 is 0. The molecule has 1 aromatic heterocycles. The molecule has 0 amide bonds. The van der Waals surface area contributed by atoms with Gasteiger partial charge >= 0.3 is 0 Å². The highest BCUT2D eigenvalue weighted by molar-refractivity contribution is 5.97. The van der Waals surface area contributed by atoms with E-state index in [-0.39, 0.29) is 0 Å². The highest BCUT2D eigenvalue weighted by Gasteiger charge is 2.23. The average Bonchev–Trinajstić information content (AvgIpc) is 3.71. The maximum atomic E-state index is 6.06. The van der Waals surface area contributed by atoms with Gasteiger partial charge in [-0.2, -0.15) is 0 Å². The van der Waals surface area contributed by atoms with E-state index in [0.717, 1.165) is 48.1 Å². The van der Waals surface area contributed by atoms with Crippen molar-refractivity contribution in [2.45, 2.75) is 64.2 Å². The second-order valence-corrected chi connectivity index (χ2v) is 10.1. The van der Waals surface area contributed by atoms with Gasteiger partial charge in [0, 0.05) is 12.1 Å². The number of aromatic nitrogens is 2. The minimum absolute atomic E-state index is 0.354. The lowest BCUT2D eigenvalue weighted by Crippen LogP contribution is -2.14. The summed E-state index contributed by atoms with van der Waals surface area (Å²) in [7, 11) is 0. The number of imidazole rings is 1. The van der Waals surface area contributed by atoms with Crippen LogP contribution in [0.4, 0.5) is 0 Å². The molecule has 0 spiro atoms. The van der Waals surface area contributed by atoms with Crippen molar-refractivity contribution in [2.75, 3.05) is 6.54 Å². The quantitative estimate of drug-likeness (QED) is 0.393. The maximum absolute atomic E-state index is 6.06. The Morgan fingerprint density at radius 3 is 2.57 bits per heavy atom. The first-order valence-corrected chi connectivity index (χ1v) is 13.1. The third-order valence-electron chi connectivity index (χ3n) is 7.61. The zero-order valence-corrected chi connectivity index (χ0v) is 20.3. The van der Waals surface area contributed by atoms with Gasteiger partial charge in [0.25, 0.3) is 0 Å². The number of aliphatic imine (C=N–C) groups is 1. The highest BCUT2D eigenvalue weighted by Crippen LogP contribution is 2.33. The minimum Gasteiger partial charge on any atom is -0.372 e. The number of allylic oxidation sites excluding steroid dienone is 1. The van der Waals surface area contributed by atoms with E-state index in [1.807, 2.05) is 6.20 Å². The highest BCUT2D eigenvalue weighted by atomic mass is 16.5. The summed E-state index contributed by atoms with van der Waals surface area (Å²) < 4.78 is 6.06. The first-order valence-electron chi connectivity index (χ1n) is 13.1. The van der Waals surface area contributed by atoms with E-state index in [9.17, 15) is 0 Å². The van der Waals surface area contributed by atoms with Gasteiger partial charge in [0.15, 0.2) is 0 Å². The number of H-pyrrole nitrogens is 1. The SMILES string of the molecule is C1=C(c2ccc(COCc3cccc(-c4cnc([C@@H]5CCCN5)[nH]4)c3)cc2)N=C(C2CCCC2)C1. The molecule has 0 unspecified atom stereocenters. The molecule has 0 bridgehead atoms. The zero-order valence-electron chi connectivity index (χ0n) is 20.3. The number of aromatic amines is 1. The van der Waals surface area contributed by atoms with E-state index in [4.69, 9.17) is 9.73 Å². The van der Waals surface area contributed by atoms with Crippen LogP contribution in [0.1, 0.15) is 73.5 Å². The molecule has 2 N–H and O–H groups in total. The van der Waals surface area contributed by atoms with Crippen molar-refractivity contribution >= 4 is 11.4 Å². The summed E-state index contributed by atoms with van der Waals surface area (Å²) in [5, 5.41) is 3.50. The standard InChI is InChI=1S/C30H34N4O/c1-2-7-23(6-1)26-14-15-27(33-26)24-12-10-21(11-13-24)19-35-20-22-5-3-8-25(17-22)29-18-32-30(34-29)28-9-4-16-31-28/h3,5,8,10-13,15,17-18,23,28,31H,1-2,4,6-7,9,14,16,19-20H2,(H,32,34)/t28-/m0/s1. The molecule has 1 aliphatic carbocycles. The second-order valence-electron chi connectivity index (χ2n) is 10.1. The van der Waals surface area contributed by atoms with Gasteiger partial charge in [0.05, 0.1) is 36.8 Å². The van der Waals surface area contributed by atoms with Crippen LogP contribution >= 0.6 is 0 Å². The smallest absolute Gasteiger partial charge is 0.123 e. The van der Waals surface area contributed by atoms with Crippen molar-refractivity contribution in [3.8, 4) is 11.3 Å². The van der Waals surface area contributed by atoms with Crippen molar-refractivity contribution in [3.05, 3.63) is 83.3 Å². The Morgan fingerprint density at radius 1 is 0.886 bits per heavy atom.